The summed E-state index contributed by atoms with van der Waals surface area (Å²) in [5.41, 5.74) is 3.64. The van der Waals surface area contributed by atoms with Gasteiger partial charge in [-0.2, -0.15) is 0 Å². The molecule has 3 aromatic rings. The third-order valence-electron chi connectivity index (χ3n) is 4.24. The average Bonchev–Trinajstić information content (AvgIpc) is 2.70. The second-order valence-electron chi connectivity index (χ2n) is 6.62. The standard InChI is InChI=1S/C23H21ClN2O3/c1-15-8-9-16(2)20(12-15)26-22(27)14-29-21-11-10-17(24)13-19(21)23(28)25-18-6-4-3-5-7-18/h3-13H,14H2,1-2H3,(H,25,28)(H,26,27). The van der Waals surface area contributed by atoms with E-state index >= 15 is 0 Å². The lowest BCUT2D eigenvalue weighted by molar-refractivity contribution is -0.118. The Bertz CT molecular complexity index is 1040. The zero-order valence-corrected chi connectivity index (χ0v) is 16.9. The van der Waals surface area contributed by atoms with Gasteiger partial charge in [-0.1, -0.05) is 41.9 Å². The van der Waals surface area contributed by atoms with Crippen molar-refractivity contribution in [3.05, 3.63) is 88.4 Å². The molecule has 6 heteroatoms. The van der Waals surface area contributed by atoms with Crippen molar-refractivity contribution in [3.8, 4) is 5.75 Å². The van der Waals surface area contributed by atoms with Crippen molar-refractivity contribution < 1.29 is 14.3 Å². The summed E-state index contributed by atoms with van der Waals surface area (Å²) in [6.07, 6.45) is 0. The van der Waals surface area contributed by atoms with Crippen LogP contribution in [0.25, 0.3) is 0 Å². The first-order chi connectivity index (χ1) is 13.9. The number of para-hydroxylation sites is 1. The number of anilines is 2. The van der Waals surface area contributed by atoms with E-state index in [9.17, 15) is 9.59 Å². The van der Waals surface area contributed by atoms with E-state index in [1.54, 1.807) is 24.3 Å². The molecule has 0 bridgehead atoms. The molecule has 0 heterocycles. The van der Waals surface area contributed by atoms with E-state index in [4.69, 9.17) is 16.3 Å². The van der Waals surface area contributed by atoms with Gasteiger partial charge in [-0.25, -0.2) is 0 Å². The van der Waals surface area contributed by atoms with Gasteiger partial charge >= 0.3 is 0 Å². The smallest absolute Gasteiger partial charge is 0.262 e. The summed E-state index contributed by atoms with van der Waals surface area (Å²) >= 11 is 6.05. The van der Waals surface area contributed by atoms with E-state index in [-0.39, 0.29) is 29.7 Å². The highest BCUT2D eigenvalue weighted by Crippen LogP contribution is 2.24. The van der Waals surface area contributed by atoms with Gasteiger partial charge in [0, 0.05) is 16.4 Å². The molecule has 29 heavy (non-hydrogen) atoms. The van der Waals surface area contributed by atoms with E-state index in [1.807, 2.05) is 50.2 Å². The number of hydrogen-bond acceptors (Lipinski definition) is 3. The molecule has 3 aromatic carbocycles. The number of halogens is 1. The summed E-state index contributed by atoms with van der Waals surface area (Å²) in [6.45, 7) is 3.64. The summed E-state index contributed by atoms with van der Waals surface area (Å²) in [7, 11) is 0. The van der Waals surface area contributed by atoms with Gasteiger partial charge in [0.05, 0.1) is 5.56 Å². The molecule has 5 nitrogen and oxygen atoms in total. The van der Waals surface area contributed by atoms with Gasteiger partial charge in [0.2, 0.25) is 0 Å². The highest BCUT2D eigenvalue weighted by Gasteiger charge is 2.15. The lowest BCUT2D eigenvalue weighted by Gasteiger charge is -2.13. The number of rotatable bonds is 6. The molecule has 148 valence electrons. The number of amides is 2. The second-order valence-corrected chi connectivity index (χ2v) is 7.05. The molecule has 0 saturated carbocycles. The second kappa shape index (κ2) is 9.26. The minimum absolute atomic E-state index is 0.235. The van der Waals surface area contributed by atoms with Crippen LogP contribution in [-0.4, -0.2) is 18.4 Å². The Hall–Kier alpha value is -3.31. The van der Waals surface area contributed by atoms with Crippen LogP contribution in [-0.2, 0) is 4.79 Å². The fourth-order valence-electron chi connectivity index (χ4n) is 2.73. The predicted octanol–water partition coefficient (Wildman–Crippen LogP) is 5.23. The summed E-state index contributed by atoms with van der Waals surface area (Å²) in [5, 5.41) is 6.02. The highest BCUT2D eigenvalue weighted by atomic mass is 35.5. The van der Waals surface area contributed by atoms with Crippen molar-refractivity contribution in [3.63, 3.8) is 0 Å². The molecule has 0 fully saturated rings. The number of carbonyl (C=O) groups excluding carboxylic acids is 2. The van der Waals surface area contributed by atoms with Crippen molar-refractivity contribution in [1.29, 1.82) is 0 Å². The minimum atomic E-state index is -0.372. The van der Waals surface area contributed by atoms with Crippen LogP contribution in [0.5, 0.6) is 5.75 Å². The molecule has 0 spiro atoms. The maximum atomic E-state index is 12.7. The fraction of sp³-hybridized carbons (Fsp3) is 0.130. The molecule has 2 N–H and O–H groups in total. The molecule has 0 aliphatic heterocycles. The van der Waals surface area contributed by atoms with Gasteiger partial charge in [-0.05, 0) is 61.4 Å². The maximum absolute atomic E-state index is 12.7. The number of benzene rings is 3. The summed E-state index contributed by atoms with van der Waals surface area (Å²) < 4.78 is 5.62. The Balaban J connectivity index is 1.70. The van der Waals surface area contributed by atoms with E-state index in [2.05, 4.69) is 10.6 Å². The molecule has 2 amide bonds. The Morgan fingerprint density at radius 3 is 2.45 bits per heavy atom. The Morgan fingerprint density at radius 2 is 1.69 bits per heavy atom. The third-order valence-corrected chi connectivity index (χ3v) is 4.48. The molecule has 0 atom stereocenters. The van der Waals surface area contributed by atoms with Gasteiger partial charge in [-0.15, -0.1) is 0 Å². The van der Waals surface area contributed by atoms with Gasteiger partial charge in [0.1, 0.15) is 5.75 Å². The van der Waals surface area contributed by atoms with Gasteiger partial charge in [0.15, 0.2) is 6.61 Å². The van der Waals surface area contributed by atoms with Crippen molar-refractivity contribution in [2.24, 2.45) is 0 Å². The van der Waals surface area contributed by atoms with Crippen LogP contribution < -0.4 is 15.4 Å². The Morgan fingerprint density at radius 1 is 0.931 bits per heavy atom. The zero-order chi connectivity index (χ0) is 20.8. The van der Waals surface area contributed by atoms with Gasteiger partial charge in [0.25, 0.3) is 11.8 Å². The zero-order valence-electron chi connectivity index (χ0n) is 16.2. The minimum Gasteiger partial charge on any atom is -0.483 e. The Labute approximate surface area is 174 Å². The lowest BCUT2D eigenvalue weighted by Crippen LogP contribution is -2.22. The first kappa shape index (κ1) is 20.4. The van der Waals surface area contributed by atoms with Crippen LogP contribution in [0.4, 0.5) is 11.4 Å². The molecule has 0 radical (unpaired) electrons. The molecule has 0 aliphatic rings. The third kappa shape index (κ3) is 5.59. The largest absolute Gasteiger partial charge is 0.483 e. The van der Waals surface area contributed by atoms with Crippen LogP contribution in [0.2, 0.25) is 5.02 Å². The van der Waals surface area contributed by atoms with Gasteiger partial charge in [-0.3, -0.25) is 9.59 Å². The molecule has 3 rings (SSSR count). The van der Waals surface area contributed by atoms with Crippen LogP contribution in [0.1, 0.15) is 21.5 Å². The fourth-order valence-corrected chi connectivity index (χ4v) is 2.90. The first-order valence-corrected chi connectivity index (χ1v) is 9.46. The quantitative estimate of drug-likeness (QED) is 0.587. The number of aryl methyl sites for hydroxylation is 2. The summed E-state index contributed by atoms with van der Waals surface area (Å²) in [6, 6.07) is 19.6. The average molecular weight is 409 g/mol. The maximum Gasteiger partial charge on any atom is 0.262 e. The topological polar surface area (TPSA) is 67.4 Å². The normalized spacial score (nSPS) is 10.3. The van der Waals surface area contributed by atoms with Gasteiger partial charge < -0.3 is 15.4 Å². The molecular formula is C23H21ClN2O3. The number of ether oxygens (including phenoxy) is 1. The Kier molecular flexibility index (Phi) is 6.52. The summed E-state index contributed by atoms with van der Waals surface area (Å²) in [4.78, 5) is 25.0. The highest BCUT2D eigenvalue weighted by molar-refractivity contribution is 6.31. The first-order valence-electron chi connectivity index (χ1n) is 9.08. The lowest BCUT2D eigenvalue weighted by atomic mass is 10.1. The SMILES string of the molecule is Cc1ccc(C)c(NC(=O)COc2ccc(Cl)cc2C(=O)Nc2ccccc2)c1. The molecule has 0 aromatic heterocycles. The van der Waals surface area contributed by atoms with E-state index in [0.29, 0.717) is 10.7 Å². The number of hydrogen-bond donors (Lipinski definition) is 2. The van der Waals surface area contributed by atoms with E-state index < -0.39 is 0 Å². The van der Waals surface area contributed by atoms with Crippen LogP contribution in [0.3, 0.4) is 0 Å². The molecule has 0 aliphatic carbocycles. The molecule has 0 unspecified atom stereocenters. The summed E-state index contributed by atoms with van der Waals surface area (Å²) in [5.74, 6) is -0.411. The number of carbonyl (C=O) groups is 2. The van der Waals surface area contributed by atoms with Crippen LogP contribution in [0.15, 0.2) is 66.7 Å². The van der Waals surface area contributed by atoms with Crippen molar-refractivity contribution >= 4 is 34.8 Å². The monoisotopic (exact) mass is 408 g/mol. The molecule has 0 saturated heterocycles. The van der Waals surface area contributed by atoms with Crippen LogP contribution >= 0.6 is 11.6 Å². The van der Waals surface area contributed by atoms with Crippen LogP contribution in [0, 0.1) is 13.8 Å². The van der Waals surface area contributed by atoms with E-state index in [1.165, 1.54) is 6.07 Å². The van der Waals surface area contributed by atoms with Crippen molar-refractivity contribution in [1.82, 2.24) is 0 Å². The van der Waals surface area contributed by atoms with E-state index in [0.717, 1.165) is 16.8 Å². The molecular weight excluding hydrogens is 388 g/mol. The van der Waals surface area contributed by atoms with Crippen molar-refractivity contribution in [2.75, 3.05) is 17.2 Å². The predicted molar refractivity (Wildman–Crippen MR) is 116 cm³/mol. The number of nitrogens with one attached hydrogen (secondary N) is 2. The van der Waals surface area contributed by atoms with Crippen molar-refractivity contribution in [2.45, 2.75) is 13.8 Å².